The SMILES string of the molecule is Cc1ccc(C(=O)CN(Cc2ccccc2)c2ccccn2)cc1. The van der Waals surface area contributed by atoms with E-state index in [-0.39, 0.29) is 5.78 Å². The number of anilines is 1. The number of ketones is 1. The smallest absolute Gasteiger partial charge is 0.182 e. The molecule has 1 aromatic heterocycles. The predicted octanol–water partition coefficient (Wildman–Crippen LogP) is 4.28. The molecule has 0 bridgehead atoms. The molecule has 0 aliphatic carbocycles. The van der Waals surface area contributed by atoms with Gasteiger partial charge in [0.15, 0.2) is 5.78 Å². The van der Waals surface area contributed by atoms with Gasteiger partial charge in [0.05, 0.1) is 6.54 Å². The van der Waals surface area contributed by atoms with E-state index in [9.17, 15) is 4.79 Å². The van der Waals surface area contributed by atoms with Crippen LogP contribution in [0.1, 0.15) is 21.5 Å². The van der Waals surface area contributed by atoms with Crippen molar-refractivity contribution in [3.63, 3.8) is 0 Å². The molecule has 0 N–H and O–H groups in total. The maximum atomic E-state index is 12.7. The van der Waals surface area contributed by atoms with Gasteiger partial charge >= 0.3 is 0 Å². The van der Waals surface area contributed by atoms with Crippen molar-refractivity contribution < 1.29 is 4.79 Å². The van der Waals surface area contributed by atoms with Crippen molar-refractivity contribution in [1.29, 1.82) is 0 Å². The highest BCUT2D eigenvalue weighted by molar-refractivity contribution is 5.99. The Morgan fingerprint density at radius 2 is 1.62 bits per heavy atom. The van der Waals surface area contributed by atoms with Crippen LogP contribution in [0, 0.1) is 6.92 Å². The molecule has 3 heteroatoms. The van der Waals surface area contributed by atoms with Crippen LogP contribution in [0.5, 0.6) is 0 Å². The lowest BCUT2D eigenvalue weighted by Gasteiger charge is -2.23. The monoisotopic (exact) mass is 316 g/mol. The summed E-state index contributed by atoms with van der Waals surface area (Å²) in [6, 6.07) is 23.6. The van der Waals surface area contributed by atoms with Crippen molar-refractivity contribution in [2.45, 2.75) is 13.5 Å². The Bertz CT molecular complexity index is 783. The Morgan fingerprint density at radius 3 is 2.29 bits per heavy atom. The fraction of sp³-hybridized carbons (Fsp3) is 0.143. The van der Waals surface area contributed by atoms with Crippen LogP contribution < -0.4 is 4.90 Å². The Hall–Kier alpha value is -2.94. The minimum absolute atomic E-state index is 0.0941. The summed E-state index contributed by atoms with van der Waals surface area (Å²) in [5, 5.41) is 0. The zero-order chi connectivity index (χ0) is 16.8. The van der Waals surface area contributed by atoms with Crippen molar-refractivity contribution in [3.05, 3.63) is 95.7 Å². The molecular formula is C21H20N2O. The first-order valence-electron chi connectivity index (χ1n) is 8.02. The number of aryl methyl sites for hydroxylation is 1. The number of carbonyl (C=O) groups is 1. The van der Waals surface area contributed by atoms with Crippen LogP contribution in [0.2, 0.25) is 0 Å². The van der Waals surface area contributed by atoms with Crippen LogP contribution in [-0.2, 0) is 6.54 Å². The van der Waals surface area contributed by atoms with Gasteiger partial charge in [0.2, 0.25) is 0 Å². The average molecular weight is 316 g/mol. The second-order valence-electron chi connectivity index (χ2n) is 5.82. The van der Waals surface area contributed by atoms with E-state index in [4.69, 9.17) is 0 Å². The second-order valence-corrected chi connectivity index (χ2v) is 5.82. The fourth-order valence-electron chi connectivity index (χ4n) is 2.57. The first-order chi connectivity index (χ1) is 11.7. The number of nitrogens with zero attached hydrogens (tertiary/aromatic N) is 2. The molecule has 0 unspecified atom stereocenters. The molecule has 0 spiro atoms. The number of pyridine rings is 1. The summed E-state index contributed by atoms with van der Waals surface area (Å²) >= 11 is 0. The predicted molar refractivity (Wildman–Crippen MR) is 97.2 cm³/mol. The Morgan fingerprint density at radius 1 is 0.917 bits per heavy atom. The molecule has 0 saturated carbocycles. The maximum Gasteiger partial charge on any atom is 0.182 e. The molecule has 3 nitrogen and oxygen atoms in total. The molecule has 2 aromatic carbocycles. The summed E-state index contributed by atoms with van der Waals surface area (Å²) in [7, 11) is 0. The van der Waals surface area contributed by atoms with E-state index in [1.54, 1.807) is 6.20 Å². The highest BCUT2D eigenvalue weighted by Crippen LogP contribution is 2.15. The molecule has 0 aliphatic heterocycles. The van der Waals surface area contributed by atoms with Gasteiger partial charge in [-0.05, 0) is 24.6 Å². The topological polar surface area (TPSA) is 33.2 Å². The molecule has 0 saturated heterocycles. The molecule has 0 atom stereocenters. The van der Waals surface area contributed by atoms with Crippen molar-refractivity contribution >= 4 is 11.6 Å². The third kappa shape index (κ3) is 4.07. The molecule has 0 fully saturated rings. The zero-order valence-corrected chi connectivity index (χ0v) is 13.7. The normalized spacial score (nSPS) is 10.4. The molecule has 0 amide bonds. The number of hydrogen-bond donors (Lipinski definition) is 0. The van der Waals surface area contributed by atoms with Crippen LogP contribution in [0.3, 0.4) is 0 Å². The van der Waals surface area contributed by atoms with Crippen molar-refractivity contribution in [2.24, 2.45) is 0 Å². The fourth-order valence-corrected chi connectivity index (χ4v) is 2.57. The van der Waals surface area contributed by atoms with Crippen molar-refractivity contribution in [3.8, 4) is 0 Å². The Labute approximate surface area is 142 Å². The Kier molecular flexibility index (Phi) is 5.02. The van der Waals surface area contributed by atoms with Crippen molar-refractivity contribution in [2.75, 3.05) is 11.4 Å². The number of rotatable bonds is 6. The first-order valence-corrected chi connectivity index (χ1v) is 8.02. The number of carbonyl (C=O) groups excluding carboxylic acids is 1. The molecule has 24 heavy (non-hydrogen) atoms. The minimum Gasteiger partial charge on any atom is -0.345 e. The third-order valence-electron chi connectivity index (χ3n) is 3.90. The summed E-state index contributed by atoms with van der Waals surface area (Å²) in [5.41, 5.74) is 3.03. The lowest BCUT2D eigenvalue weighted by Crippen LogP contribution is -2.30. The largest absolute Gasteiger partial charge is 0.345 e. The molecular weight excluding hydrogens is 296 g/mol. The number of Topliss-reactive ketones (excluding diaryl/α,β-unsaturated/α-hetero) is 1. The van der Waals surface area contributed by atoms with E-state index in [1.165, 1.54) is 0 Å². The van der Waals surface area contributed by atoms with Gasteiger partial charge in [-0.15, -0.1) is 0 Å². The highest BCUT2D eigenvalue weighted by Gasteiger charge is 2.14. The Balaban J connectivity index is 1.82. The van der Waals surface area contributed by atoms with E-state index >= 15 is 0 Å². The summed E-state index contributed by atoms with van der Waals surface area (Å²) < 4.78 is 0. The van der Waals surface area contributed by atoms with Gasteiger partial charge in [0, 0.05) is 18.3 Å². The van der Waals surface area contributed by atoms with Crippen molar-refractivity contribution in [1.82, 2.24) is 4.98 Å². The van der Waals surface area contributed by atoms with Crippen LogP contribution in [0.15, 0.2) is 79.0 Å². The summed E-state index contributed by atoms with van der Waals surface area (Å²) in [6.45, 7) is 2.97. The van der Waals surface area contributed by atoms with Gasteiger partial charge in [-0.25, -0.2) is 4.98 Å². The molecule has 0 aliphatic rings. The summed E-state index contributed by atoms with van der Waals surface area (Å²) in [6.07, 6.45) is 1.75. The zero-order valence-electron chi connectivity index (χ0n) is 13.7. The van der Waals surface area contributed by atoms with Crippen LogP contribution in [-0.4, -0.2) is 17.3 Å². The summed E-state index contributed by atoms with van der Waals surface area (Å²) in [5.74, 6) is 0.901. The number of benzene rings is 2. The quantitative estimate of drug-likeness (QED) is 0.636. The van der Waals surface area contributed by atoms with Gasteiger partial charge in [-0.1, -0.05) is 66.2 Å². The van der Waals surface area contributed by atoms with Gasteiger partial charge in [-0.2, -0.15) is 0 Å². The average Bonchev–Trinajstić information content (AvgIpc) is 2.63. The van der Waals surface area contributed by atoms with Gasteiger partial charge in [-0.3, -0.25) is 4.79 Å². The van der Waals surface area contributed by atoms with Gasteiger partial charge in [0.25, 0.3) is 0 Å². The van der Waals surface area contributed by atoms with Gasteiger partial charge in [0.1, 0.15) is 5.82 Å². The van der Waals surface area contributed by atoms with Crippen LogP contribution >= 0.6 is 0 Å². The molecule has 120 valence electrons. The molecule has 0 radical (unpaired) electrons. The minimum atomic E-state index is 0.0941. The second kappa shape index (κ2) is 7.55. The van der Waals surface area contributed by atoms with Crippen LogP contribution in [0.4, 0.5) is 5.82 Å². The lowest BCUT2D eigenvalue weighted by molar-refractivity contribution is 0.0998. The lowest BCUT2D eigenvalue weighted by atomic mass is 10.1. The molecule has 3 rings (SSSR count). The van der Waals surface area contributed by atoms with E-state index in [0.717, 1.165) is 22.5 Å². The standard InChI is InChI=1S/C21H20N2O/c1-17-10-12-19(13-11-17)20(24)16-23(21-9-5-6-14-22-21)15-18-7-3-2-4-8-18/h2-14H,15-16H2,1H3. The summed E-state index contributed by atoms with van der Waals surface area (Å²) in [4.78, 5) is 19.1. The van der Waals surface area contributed by atoms with E-state index in [1.807, 2.05) is 72.5 Å². The third-order valence-corrected chi connectivity index (χ3v) is 3.90. The number of hydrogen-bond acceptors (Lipinski definition) is 3. The molecule has 3 aromatic rings. The maximum absolute atomic E-state index is 12.7. The van der Waals surface area contributed by atoms with E-state index < -0.39 is 0 Å². The van der Waals surface area contributed by atoms with Crippen LogP contribution in [0.25, 0.3) is 0 Å². The first kappa shape index (κ1) is 15.9. The van der Waals surface area contributed by atoms with E-state index in [0.29, 0.717) is 13.1 Å². The van der Waals surface area contributed by atoms with E-state index in [2.05, 4.69) is 17.1 Å². The molecule has 1 heterocycles. The highest BCUT2D eigenvalue weighted by atomic mass is 16.1. The number of aromatic nitrogens is 1. The van der Waals surface area contributed by atoms with Gasteiger partial charge < -0.3 is 4.90 Å².